The van der Waals surface area contributed by atoms with Crippen LogP contribution < -0.4 is 0 Å². The summed E-state index contributed by atoms with van der Waals surface area (Å²) in [5.74, 6) is 0.0972. The van der Waals surface area contributed by atoms with Crippen LogP contribution >= 0.6 is 11.6 Å². The highest BCUT2D eigenvalue weighted by atomic mass is 35.5. The Morgan fingerprint density at radius 3 is 2.65 bits per heavy atom. The highest BCUT2D eigenvalue weighted by Crippen LogP contribution is 2.31. The third kappa shape index (κ3) is 2.36. The fourth-order valence-electron chi connectivity index (χ4n) is 2.95. The van der Waals surface area contributed by atoms with Gasteiger partial charge in [0.25, 0.3) is 0 Å². The normalized spacial score (nSPS) is 15.9. The molecule has 2 aromatic rings. The van der Waals surface area contributed by atoms with Crippen LogP contribution in [-0.2, 0) is 12.8 Å². The Hall–Kier alpha value is -1.32. The van der Waals surface area contributed by atoms with E-state index in [0.717, 1.165) is 29.2 Å². The lowest BCUT2D eigenvalue weighted by molar-refractivity contribution is 0.269. The number of nitrogens with zero attached hydrogens (tertiary/aromatic N) is 2. The van der Waals surface area contributed by atoms with Gasteiger partial charge >= 0.3 is 0 Å². The van der Waals surface area contributed by atoms with Crippen molar-refractivity contribution in [2.75, 3.05) is 6.61 Å². The lowest BCUT2D eigenvalue weighted by Crippen LogP contribution is -2.10. The molecule has 1 N–H and O–H groups in total. The smallest absolute Gasteiger partial charge is 0.0664 e. The third-order valence-electron chi connectivity index (χ3n) is 4.01. The number of aryl methyl sites for hydroxylation is 1. The summed E-state index contributed by atoms with van der Waals surface area (Å²) in [4.78, 5) is 0. The van der Waals surface area contributed by atoms with E-state index in [0.29, 0.717) is 0 Å². The van der Waals surface area contributed by atoms with Gasteiger partial charge < -0.3 is 5.11 Å². The lowest BCUT2D eigenvalue weighted by atomic mass is 9.92. The number of aliphatic hydroxyl groups excluding tert-OH is 1. The lowest BCUT2D eigenvalue weighted by Gasteiger charge is -2.16. The average molecular weight is 291 g/mol. The Morgan fingerprint density at radius 2 is 1.95 bits per heavy atom. The predicted octanol–water partition coefficient (Wildman–Crippen LogP) is 3.50. The summed E-state index contributed by atoms with van der Waals surface area (Å²) >= 11 is 5.96. The zero-order valence-corrected chi connectivity index (χ0v) is 12.4. The van der Waals surface area contributed by atoms with Crippen molar-refractivity contribution in [1.82, 2.24) is 9.78 Å². The minimum absolute atomic E-state index is 0.0972. The summed E-state index contributed by atoms with van der Waals surface area (Å²) in [5.41, 5.74) is 4.71. The number of rotatable bonds is 3. The largest absolute Gasteiger partial charge is 0.396 e. The van der Waals surface area contributed by atoms with Crippen molar-refractivity contribution in [2.24, 2.45) is 0 Å². The first kappa shape index (κ1) is 13.7. The van der Waals surface area contributed by atoms with E-state index in [1.165, 1.54) is 24.1 Å². The highest BCUT2D eigenvalue weighted by molar-refractivity contribution is 6.30. The fraction of sp³-hybridized carbons (Fsp3) is 0.438. The second-order valence-electron chi connectivity index (χ2n) is 5.49. The molecule has 0 saturated heterocycles. The van der Waals surface area contributed by atoms with Gasteiger partial charge in [-0.1, -0.05) is 18.5 Å². The van der Waals surface area contributed by atoms with Gasteiger partial charge in [0.2, 0.25) is 0 Å². The molecule has 106 valence electrons. The van der Waals surface area contributed by atoms with Crippen molar-refractivity contribution >= 4 is 11.6 Å². The van der Waals surface area contributed by atoms with E-state index in [-0.39, 0.29) is 12.5 Å². The number of hydrogen-bond acceptors (Lipinski definition) is 2. The molecule has 1 aliphatic rings. The van der Waals surface area contributed by atoms with Crippen LogP contribution in [0.2, 0.25) is 5.02 Å². The van der Waals surface area contributed by atoms with Gasteiger partial charge in [0.15, 0.2) is 0 Å². The highest BCUT2D eigenvalue weighted by Gasteiger charge is 2.24. The number of hydrogen-bond donors (Lipinski definition) is 1. The van der Waals surface area contributed by atoms with E-state index in [9.17, 15) is 5.11 Å². The molecule has 0 radical (unpaired) electrons. The van der Waals surface area contributed by atoms with Gasteiger partial charge in [-0.2, -0.15) is 5.10 Å². The molecular weight excluding hydrogens is 272 g/mol. The predicted molar refractivity (Wildman–Crippen MR) is 80.7 cm³/mol. The number of aliphatic hydroxyl groups is 1. The standard InChI is InChI=1S/C16H19ClN2O/c1-11(10-20)16-14-4-2-3-5-15(14)18-19(16)13-8-6-12(17)7-9-13/h6-9,11,20H,2-5,10H2,1H3. The van der Waals surface area contributed by atoms with Gasteiger partial charge in [-0.25, -0.2) is 4.68 Å². The molecule has 3 nitrogen and oxygen atoms in total. The molecule has 0 fully saturated rings. The van der Waals surface area contributed by atoms with Crippen LogP contribution in [0.25, 0.3) is 5.69 Å². The number of benzene rings is 1. The van der Waals surface area contributed by atoms with Crippen LogP contribution in [-0.4, -0.2) is 21.5 Å². The van der Waals surface area contributed by atoms with Gasteiger partial charge in [-0.15, -0.1) is 0 Å². The first-order chi connectivity index (χ1) is 9.70. The topological polar surface area (TPSA) is 38.1 Å². The van der Waals surface area contributed by atoms with Crippen LogP contribution in [0, 0.1) is 0 Å². The zero-order chi connectivity index (χ0) is 14.1. The van der Waals surface area contributed by atoms with Crippen molar-refractivity contribution in [3.63, 3.8) is 0 Å². The Kier molecular flexibility index (Phi) is 3.81. The van der Waals surface area contributed by atoms with Gasteiger partial charge in [0.05, 0.1) is 23.7 Å². The first-order valence-electron chi connectivity index (χ1n) is 7.18. The van der Waals surface area contributed by atoms with E-state index >= 15 is 0 Å². The molecule has 3 rings (SSSR count). The minimum Gasteiger partial charge on any atom is -0.396 e. The molecule has 0 amide bonds. The van der Waals surface area contributed by atoms with E-state index in [1.807, 2.05) is 28.9 Å². The molecule has 20 heavy (non-hydrogen) atoms. The van der Waals surface area contributed by atoms with E-state index in [2.05, 4.69) is 6.92 Å². The van der Waals surface area contributed by atoms with Crippen molar-refractivity contribution in [1.29, 1.82) is 0 Å². The monoisotopic (exact) mass is 290 g/mol. The number of halogens is 1. The molecule has 1 unspecified atom stereocenters. The SMILES string of the molecule is CC(CO)c1c2c(nn1-c1ccc(Cl)cc1)CCCC2. The molecule has 1 heterocycles. The molecule has 0 bridgehead atoms. The van der Waals surface area contributed by atoms with E-state index in [4.69, 9.17) is 16.7 Å². The Labute approximate surface area is 124 Å². The summed E-state index contributed by atoms with van der Waals surface area (Å²) in [6.45, 7) is 2.20. The van der Waals surface area contributed by atoms with Crippen molar-refractivity contribution in [3.8, 4) is 5.69 Å². The second kappa shape index (κ2) is 5.58. The maximum atomic E-state index is 9.56. The van der Waals surface area contributed by atoms with Crippen molar-refractivity contribution in [2.45, 2.75) is 38.5 Å². The minimum atomic E-state index is 0.0972. The summed E-state index contributed by atoms with van der Waals surface area (Å²) in [6, 6.07) is 7.72. The third-order valence-corrected chi connectivity index (χ3v) is 4.26. The summed E-state index contributed by atoms with van der Waals surface area (Å²) in [5, 5.41) is 15.1. The van der Waals surface area contributed by atoms with Crippen molar-refractivity contribution in [3.05, 3.63) is 46.2 Å². The molecular formula is C16H19ClN2O. The molecule has 1 aromatic heterocycles. The summed E-state index contributed by atoms with van der Waals surface area (Å²) in [7, 11) is 0. The molecule has 4 heteroatoms. The van der Waals surface area contributed by atoms with Gasteiger partial charge in [0, 0.05) is 10.9 Å². The average Bonchev–Trinajstić information content (AvgIpc) is 2.86. The van der Waals surface area contributed by atoms with Crippen LogP contribution in [0.4, 0.5) is 0 Å². The molecule has 0 spiro atoms. The van der Waals surface area contributed by atoms with Gasteiger partial charge in [-0.05, 0) is 55.5 Å². The molecule has 1 atom stereocenters. The van der Waals surface area contributed by atoms with E-state index in [1.54, 1.807) is 0 Å². The second-order valence-corrected chi connectivity index (χ2v) is 5.93. The molecule has 1 aliphatic carbocycles. The van der Waals surface area contributed by atoms with Gasteiger partial charge in [-0.3, -0.25) is 0 Å². The molecule has 0 aliphatic heterocycles. The Balaban J connectivity index is 2.14. The Bertz CT molecular complexity index is 604. The zero-order valence-electron chi connectivity index (χ0n) is 11.6. The molecule has 1 aromatic carbocycles. The first-order valence-corrected chi connectivity index (χ1v) is 7.56. The maximum absolute atomic E-state index is 9.56. The summed E-state index contributed by atoms with van der Waals surface area (Å²) < 4.78 is 1.99. The summed E-state index contributed by atoms with van der Waals surface area (Å²) in [6.07, 6.45) is 4.53. The van der Waals surface area contributed by atoms with Crippen LogP contribution in [0.1, 0.15) is 42.6 Å². The quantitative estimate of drug-likeness (QED) is 0.939. The fourth-order valence-corrected chi connectivity index (χ4v) is 3.08. The van der Waals surface area contributed by atoms with Crippen molar-refractivity contribution < 1.29 is 5.11 Å². The van der Waals surface area contributed by atoms with Gasteiger partial charge in [0.1, 0.15) is 0 Å². The number of fused-ring (bicyclic) bond motifs is 1. The van der Waals surface area contributed by atoms with Crippen LogP contribution in [0.5, 0.6) is 0 Å². The maximum Gasteiger partial charge on any atom is 0.0664 e. The van der Waals surface area contributed by atoms with Crippen LogP contribution in [0.15, 0.2) is 24.3 Å². The van der Waals surface area contributed by atoms with Crippen LogP contribution in [0.3, 0.4) is 0 Å². The Morgan fingerprint density at radius 1 is 1.25 bits per heavy atom. The number of aromatic nitrogens is 2. The molecule has 0 saturated carbocycles. The van der Waals surface area contributed by atoms with E-state index < -0.39 is 0 Å².